The first-order chi connectivity index (χ1) is 9.76. The Morgan fingerprint density at radius 1 is 1.25 bits per heavy atom. The number of ether oxygens (including phenoxy) is 1. The van der Waals surface area contributed by atoms with Gasteiger partial charge in [-0.2, -0.15) is 0 Å². The monoisotopic (exact) mass is 294 g/mol. The van der Waals surface area contributed by atoms with E-state index in [0.29, 0.717) is 12.0 Å². The second kappa shape index (κ2) is 6.33. The lowest BCUT2D eigenvalue weighted by Crippen LogP contribution is -2.37. The summed E-state index contributed by atoms with van der Waals surface area (Å²) in [5.74, 6) is 1.47. The molecule has 1 aliphatic heterocycles. The summed E-state index contributed by atoms with van der Waals surface area (Å²) in [6.45, 7) is 4.07. The van der Waals surface area contributed by atoms with Crippen molar-refractivity contribution in [1.82, 2.24) is 4.90 Å². The molecule has 3 rings (SSSR count). The molecule has 0 radical (unpaired) electrons. The number of hydrogen-bond donors (Lipinski definition) is 1. The minimum Gasteiger partial charge on any atom is -0.489 e. The topological polar surface area (TPSA) is 38.5 Å². The van der Waals surface area contributed by atoms with Gasteiger partial charge in [-0.15, -0.1) is 0 Å². The van der Waals surface area contributed by atoms with Crippen LogP contribution in [-0.4, -0.2) is 30.6 Å². The summed E-state index contributed by atoms with van der Waals surface area (Å²) >= 11 is 6.51. The molecule has 1 aromatic carbocycles. The summed E-state index contributed by atoms with van der Waals surface area (Å²) in [6.07, 6.45) is 5.02. The van der Waals surface area contributed by atoms with Crippen LogP contribution in [0.2, 0.25) is 5.02 Å². The first kappa shape index (κ1) is 14.2. The number of rotatable bonds is 5. The molecule has 1 heterocycles. The average Bonchev–Trinajstić information content (AvgIpc) is 2.90. The second-order valence-electron chi connectivity index (χ2n) is 6.03. The van der Waals surface area contributed by atoms with Crippen LogP contribution in [0.4, 0.5) is 0 Å². The predicted molar refractivity (Wildman–Crippen MR) is 82.2 cm³/mol. The normalized spacial score (nSPS) is 26.5. The molecule has 0 atom stereocenters. The van der Waals surface area contributed by atoms with Crippen molar-refractivity contribution in [2.24, 2.45) is 11.7 Å². The lowest BCUT2D eigenvalue weighted by Gasteiger charge is -2.34. The van der Waals surface area contributed by atoms with Crippen molar-refractivity contribution in [2.75, 3.05) is 19.6 Å². The second-order valence-corrected chi connectivity index (χ2v) is 6.40. The van der Waals surface area contributed by atoms with E-state index in [0.717, 1.165) is 36.7 Å². The van der Waals surface area contributed by atoms with E-state index in [1.54, 1.807) is 0 Å². The van der Waals surface area contributed by atoms with E-state index in [-0.39, 0.29) is 0 Å². The molecule has 0 spiro atoms. The summed E-state index contributed by atoms with van der Waals surface area (Å²) in [5, 5.41) is 0.788. The highest BCUT2D eigenvalue weighted by molar-refractivity contribution is 6.32. The van der Waals surface area contributed by atoms with Gasteiger partial charge in [0.05, 0.1) is 11.1 Å². The molecule has 1 saturated heterocycles. The first-order valence-electron chi connectivity index (χ1n) is 7.62. The third-order valence-electron chi connectivity index (χ3n) is 4.46. The Labute approximate surface area is 126 Å². The number of nitrogens with two attached hydrogens (primary N) is 1. The molecule has 0 amide bonds. The van der Waals surface area contributed by atoms with Crippen molar-refractivity contribution in [2.45, 2.75) is 38.3 Å². The summed E-state index contributed by atoms with van der Waals surface area (Å²) in [4.78, 5) is 2.46. The zero-order valence-electron chi connectivity index (χ0n) is 11.9. The van der Waals surface area contributed by atoms with Crippen molar-refractivity contribution in [3.63, 3.8) is 0 Å². The number of benzene rings is 1. The van der Waals surface area contributed by atoms with Crippen molar-refractivity contribution in [3.8, 4) is 5.75 Å². The van der Waals surface area contributed by atoms with Crippen molar-refractivity contribution in [3.05, 3.63) is 28.8 Å². The fourth-order valence-corrected chi connectivity index (χ4v) is 3.32. The molecule has 0 unspecified atom stereocenters. The highest BCUT2D eigenvalue weighted by atomic mass is 35.5. The fraction of sp³-hybridized carbons (Fsp3) is 0.625. The Balaban J connectivity index is 1.63. The van der Waals surface area contributed by atoms with Gasteiger partial charge >= 0.3 is 0 Å². The van der Waals surface area contributed by atoms with E-state index >= 15 is 0 Å². The van der Waals surface area contributed by atoms with Crippen LogP contribution in [0.15, 0.2) is 18.2 Å². The molecule has 2 fully saturated rings. The zero-order chi connectivity index (χ0) is 13.9. The standard InChI is InChI=1S/C16H23ClN2O/c17-16-13(11-19-6-1-2-7-19)4-3-5-15(16)20-14-8-12(9-14)10-18/h3-5,12,14H,1-2,6-11,18H2/t12-,14-. The van der Waals surface area contributed by atoms with E-state index < -0.39 is 0 Å². The van der Waals surface area contributed by atoms with Crippen LogP contribution < -0.4 is 10.5 Å². The van der Waals surface area contributed by atoms with Gasteiger partial charge in [-0.25, -0.2) is 0 Å². The molecule has 2 N–H and O–H groups in total. The van der Waals surface area contributed by atoms with Gasteiger partial charge in [-0.3, -0.25) is 4.90 Å². The summed E-state index contributed by atoms with van der Waals surface area (Å²) < 4.78 is 6.01. The molecule has 20 heavy (non-hydrogen) atoms. The van der Waals surface area contributed by atoms with Crippen molar-refractivity contribution >= 4 is 11.6 Å². The number of likely N-dealkylation sites (tertiary alicyclic amines) is 1. The molecule has 2 aliphatic rings. The van der Waals surface area contributed by atoms with E-state index in [4.69, 9.17) is 22.1 Å². The molecular formula is C16H23ClN2O. The Morgan fingerprint density at radius 2 is 2.00 bits per heavy atom. The van der Waals surface area contributed by atoms with Crippen LogP contribution in [0, 0.1) is 5.92 Å². The summed E-state index contributed by atoms with van der Waals surface area (Å²) in [6, 6.07) is 6.13. The van der Waals surface area contributed by atoms with Crippen LogP contribution in [-0.2, 0) is 6.54 Å². The third-order valence-corrected chi connectivity index (χ3v) is 4.88. The van der Waals surface area contributed by atoms with Gasteiger partial charge in [0.1, 0.15) is 5.75 Å². The Hall–Kier alpha value is -0.770. The number of nitrogens with zero attached hydrogens (tertiary/aromatic N) is 1. The van der Waals surface area contributed by atoms with Gasteiger partial charge in [0.15, 0.2) is 0 Å². The summed E-state index contributed by atoms with van der Waals surface area (Å²) in [5.41, 5.74) is 6.83. The fourth-order valence-electron chi connectivity index (χ4n) is 3.09. The molecule has 1 aromatic rings. The van der Waals surface area contributed by atoms with E-state index in [1.807, 2.05) is 12.1 Å². The molecule has 110 valence electrons. The molecule has 1 saturated carbocycles. The Bertz CT molecular complexity index is 454. The lowest BCUT2D eigenvalue weighted by molar-refractivity contribution is 0.0690. The minimum absolute atomic E-state index is 0.295. The van der Waals surface area contributed by atoms with Crippen LogP contribution in [0.25, 0.3) is 0 Å². The highest BCUT2D eigenvalue weighted by Crippen LogP contribution is 2.35. The van der Waals surface area contributed by atoms with Crippen LogP contribution in [0.5, 0.6) is 5.75 Å². The quantitative estimate of drug-likeness (QED) is 0.907. The van der Waals surface area contributed by atoms with E-state index in [2.05, 4.69) is 11.0 Å². The average molecular weight is 295 g/mol. The van der Waals surface area contributed by atoms with Crippen LogP contribution in [0.3, 0.4) is 0 Å². The van der Waals surface area contributed by atoms with E-state index in [9.17, 15) is 0 Å². The zero-order valence-corrected chi connectivity index (χ0v) is 12.6. The SMILES string of the molecule is NC[C@H]1C[C@H](Oc2cccc(CN3CCCC3)c2Cl)C1. The molecular weight excluding hydrogens is 272 g/mol. The van der Waals surface area contributed by atoms with E-state index in [1.165, 1.54) is 31.5 Å². The lowest BCUT2D eigenvalue weighted by atomic mass is 9.82. The molecule has 3 nitrogen and oxygen atoms in total. The first-order valence-corrected chi connectivity index (χ1v) is 8.00. The van der Waals surface area contributed by atoms with Gasteiger partial charge in [0.2, 0.25) is 0 Å². The van der Waals surface area contributed by atoms with Gasteiger partial charge in [-0.1, -0.05) is 23.7 Å². The molecule has 0 aromatic heterocycles. The maximum Gasteiger partial charge on any atom is 0.138 e. The third kappa shape index (κ3) is 3.11. The van der Waals surface area contributed by atoms with Crippen molar-refractivity contribution < 1.29 is 4.74 Å². The van der Waals surface area contributed by atoms with Crippen LogP contribution >= 0.6 is 11.6 Å². The number of halogens is 1. The van der Waals surface area contributed by atoms with Crippen molar-refractivity contribution in [1.29, 1.82) is 0 Å². The Kier molecular flexibility index (Phi) is 4.49. The molecule has 4 heteroatoms. The van der Waals surface area contributed by atoms with Gasteiger partial charge in [0.25, 0.3) is 0 Å². The maximum atomic E-state index is 6.51. The Morgan fingerprint density at radius 3 is 2.70 bits per heavy atom. The maximum absolute atomic E-state index is 6.51. The molecule has 1 aliphatic carbocycles. The highest BCUT2D eigenvalue weighted by Gasteiger charge is 2.30. The predicted octanol–water partition coefficient (Wildman–Crippen LogP) is 3.05. The smallest absolute Gasteiger partial charge is 0.138 e. The summed E-state index contributed by atoms with van der Waals surface area (Å²) in [7, 11) is 0. The number of hydrogen-bond acceptors (Lipinski definition) is 3. The molecule has 0 bridgehead atoms. The minimum atomic E-state index is 0.295. The van der Waals surface area contributed by atoms with Crippen LogP contribution in [0.1, 0.15) is 31.2 Å². The van der Waals surface area contributed by atoms with Gasteiger partial charge in [0, 0.05) is 6.54 Å². The van der Waals surface area contributed by atoms with Gasteiger partial charge < -0.3 is 10.5 Å². The largest absolute Gasteiger partial charge is 0.489 e. The van der Waals surface area contributed by atoms with Gasteiger partial charge in [-0.05, 0) is 62.9 Å².